The topological polar surface area (TPSA) is 113 Å². The Kier molecular flexibility index (Phi) is 3.34. The number of nitro benzene ring substituents is 1. The van der Waals surface area contributed by atoms with Crippen LogP contribution in [0.1, 0.15) is 26.3 Å². The summed E-state index contributed by atoms with van der Waals surface area (Å²) in [6, 6.07) is 9.94. The second-order valence-electron chi connectivity index (χ2n) is 4.72. The predicted molar refractivity (Wildman–Crippen MR) is 79.3 cm³/mol. The van der Waals surface area contributed by atoms with Crippen LogP contribution in [0.4, 0.5) is 5.69 Å². The molecule has 0 bridgehead atoms. The summed E-state index contributed by atoms with van der Waals surface area (Å²) in [5.74, 6) is -1.60. The Bertz CT molecular complexity index is 840. The average molecular weight is 311 g/mol. The summed E-state index contributed by atoms with van der Waals surface area (Å²) >= 11 is 0. The molecule has 114 valence electrons. The van der Waals surface area contributed by atoms with Crippen LogP contribution in [0.25, 0.3) is 0 Å². The number of aromatic hydroxyl groups is 1. The lowest BCUT2D eigenvalue weighted by Crippen LogP contribution is -2.23. The van der Waals surface area contributed by atoms with Crippen LogP contribution in [-0.2, 0) is 0 Å². The minimum absolute atomic E-state index is 0.256. The molecule has 1 aliphatic heterocycles. The Labute approximate surface area is 129 Å². The third-order valence-corrected chi connectivity index (χ3v) is 3.29. The first-order valence-corrected chi connectivity index (χ1v) is 6.48. The SMILES string of the molecule is O=C1c2ccccc2C(=O)N1/N=C\c1ccc(O)c([N+](=O)[O-])c1. The standard InChI is InChI=1S/C15H9N3O5/c19-13-6-5-9(7-12(13)18(22)23)8-16-17-14(20)10-3-1-2-4-11(10)15(17)21/h1-8,19H/b16-8-. The van der Waals surface area contributed by atoms with Gasteiger partial charge in [-0.1, -0.05) is 12.1 Å². The molecule has 2 aromatic carbocycles. The van der Waals surface area contributed by atoms with E-state index < -0.39 is 28.2 Å². The van der Waals surface area contributed by atoms with Gasteiger partial charge < -0.3 is 5.11 Å². The van der Waals surface area contributed by atoms with E-state index in [2.05, 4.69) is 5.10 Å². The molecular formula is C15H9N3O5. The second-order valence-corrected chi connectivity index (χ2v) is 4.72. The largest absolute Gasteiger partial charge is 0.502 e. The highest BCUT2D eigenvalue weighted by Crippen LogP contribution is 2.26. The van der Waals surface area contributed by atoms with E-state index in [9.17, 15) is 24.8 Å². The predicted octanol–water partition coefficient (Wildman–Crippen LogP) is 1.93. The van der Waals surface area contributed by atoms with Crippen LogP contribution in [0.5, 0.6) is 5.75 Å². The lowest BCUT2D eigenvalue weighted by Gasteiger charge is -2.05. The van der Waals surface area contributed by atoms with Crippen LogP contribution in [0.2, 0.25) is 0 Å². The normalized spacial score (nSPS) is 13.7. The molecule has 0 saturated heterocycles. The van der Waals surface area contributed by atoms with Gasteiger partial charge in [0.2, 0.25) is 0 Å². The van der Waals surface area contributed by atoms with E-state index in [1.54, 1.807) is 12.1 Å². The summed E-state index contributed by atoms with van der Waals surface area (Å²) in [5, 5.41) is 24.7. The van der Waals surface area contributed by atoms with E-state index in [1.807, 2.05) is 0 Å². The maximum atomic E-state index is 12.1. The third kappa shape index (κ3) is 2.42. The van der Waals surface area contributed by atoms with Gasteiger partial charge in [-0.15, -0.1) is 0 Å². The smallest absolute Gasteiger partial charge is 0.311 e. The van der Waals surface area contributed by atoms with Crippen LogP contribution < -0.4 is 0 Å². The summed E-state index contributed by atoms with van der Waals surface area (Å²) in [5.41, 5.74) is 0.292. The van der Waals surface area contributed by atoms with Crippen LogP contribution in [0, 0.1) is 10.1 Å². The molecule has 0 unspecified atom stereocenters. The van der Waals surface area contributed by atoms with Crippen molar-refractivity contribution in [3.63, 3.8) is 0 Å². The molecule has 8 nitrogen and oxygen atoms in total. The van der Waals surface area contributed by atoms with Crippen LogP contribution in [0.3, 0.4) is 0 Å². The lowest BCUT2D eigenvalue weighted by atomic mass is 10.1. The Morgan fingerprint density at radius 1 is 1.09 bits per heavy atom. The Hall–Kier alpha value is -3.55. The van der Waals surface area contributed by atoms with Gasteiger partial charge in [0.15, 0.2) is 5.75 Å². The van der Waals surface area contributed by atoms with E-state index in [0.29, 0.717) is 5.01 Å². The Morgan fingerprint density at radius 2 is 1.70 bits per heavy atom. The van der Waals surface area contributed by atoms with Crippen molar-refractivity contribution in [3.05, 3.63) is 69.3 Å². The summed E-state index contributed by atoms with van der Waals surface area (Å²) in [7, 11) is 0. The van der Waals surface area contributed by atoms with Crippen molar-refractivity contribution in [2.45, 2.75) is 0 Å². The Balaban J connectivity index is 1.90. The number of phenols is 1. The van der Waals surface area contributed by atoms with Gasteiger partial charge in [0.05, 0.1) is 22.3 Å². The summed E-state index contributed by atoms with van der Waals surface area (Å²) in [4.78, 5) is 34.2. The number of hydrazone groups is 1. The number of hydrogen-bond acceptors (Lipinski definition) is 6. The number of carbonyl (C=O) groups excluding carboxylic acids is 2. The zero-order valence-corrected chi connectivity index (χ0v) is 11.5. The summed E-state index contributed by atoms with van der Waals surface area (Å²) < 4.78 is 0. The number of fused-ring (bicyclic) bond motifs is 1. The number of hydrogen-bond donors (Lipinski definition) is 1. The summed E-state index contributed by atoms with van der Waals surface area (Å²) in [6.07, 6.45) is 1.15. The van der Waals surface area contributed by atoms with Gasteiger partial charge in [-0.25, -0.2) is 0 Å². The van der Waals surface area contributed by atoms with Crippen LogP contribution in [0.15, 0.2) is 47.6 Å². The number of phenolic OH excluding ortho intramolecular Hbond substituents is 1. The fourth-order valence-corrected chi connectivity index (χ4v) is 2.17. The molecule has 0 spiro atoms. The number of benzene rings is 2. The molecule has 8 heteroatoms. The third-order valence-electron chi connectivity index (χ3n) is 3.29. The van der Waals surface area contributed by atoms with Crippen molar-refractivity contribution in [1.82, 2.24) is 5.01 Å². The molecule has 0 radical (unpaired) electrons. The number of imide groups is 1. The number of carbonyl (C=O) groups is 2. The number of amides is 2. The van der Waals surface area contributed by atoms with Gasteiger partial charge in [0.25, 0.3) is 11.8 Å². The zero-order valence-electron chi connectivity index (χ0n) is 11.5. The molecule has 1 N–H and O–H groups in total. The van der Waals surface area contributed by atoms with Crippen molar-refractivity contribution in [3.8, 4) is 5.75 Å². The van der Waals surface area contributed by atoms with E-state index in [1.165, 1.54) is 18.2 Å². The molecule has 0 fully saturated rings. The van der Waals surface area contributed by atoms with Gasteiger partial charge in [0, 0.05) is 11.6 Å². The molecule has 1 heterocycles. The lowest BCUT2D eigenvalue weighted by molar-refractivity contribution is -0.385. The highest BCUT2D eigenvalue weighted by atomic mass is 16.6. The maximum Gasteiger partial charge on any atom is 0.311 e. The van der Waals surface area contributed by atoms with Crippen molar-refractivity contribution in [2.75, 3.05) is 0 Å². The first-order valence-electron chi connectivity index (χ1n) is 6.48. The van der Waals surface area contributed by atoms with Crippen LogP contribution >= 0.6 is 0 Å². The highest BCUT2D eigenvalue weighted by Gasteiger charge is 2.35. The number of nitro groups is 1. The number of rotatable bonds is 3. The van der Waals surface area contributed by atoms with E-state index in [-0.39, 0.29) is 16.7 Å². The fraction of sp³-hybridized carbons (Fsp3) is 0. The molecule has 2 aromatic rings. The monoisotopic (exact) mass is 311 g/mol. The van der Waals surface area contributed by atoms with E-state index in [0.717, 1.165) is 18.3 Å². The molecular weight excluding hydrogens is 302 g/mol. The van der Waals surface area contributed by atoms with Crippen molar-refractivity contribution >= 4 is 23.7 Å². The molecule has 0 aromatic heterocycles. The highest BCUT2D eigenvalue weighted by molar-refractivity contribution is 6.21. The first kappa shape index (κ1) is 14.4. The molecule has 3 rings (SSSR count). The van der Waals surface area contributed by atoms with E-state index >= 15 is 0 Å². The van der Waals surface area contributed by atoms with Crippen molar-refractivity contribution < 1.29 is 19.6 Å². The minimum atomic E-state index is -0.741. The second kappa shape index (κ2) is 5.34. The fourth-order valence-electron chi connectivity index (χ4n) is 2.17. The van der Waals surface area contributed by atoms with Gasteiger partial charge in [0.1, 0.15) is 0 Å². The number of nitrogens with zero attached hydrogens (tertiary/aromatic N) is 3. The molecule has 2 amide bonds. The van der Waals surface area contributed by atoms with Crippen molar-refractivity contribution in [2.24, 2.45) is 5.10 Å². The molecule has 1 aliphatic rings. The zero-order chi connectivity index (χ0) is 16.6. The van der Waals surface area contributed by atoms with Gasteiger partial charge in [-0.05, 0) is 24.3 Å². The quantitative estimate of drug-likeness (QED) is 0.403. The van der Waals surface area contributed by atoms with Crippen LogP contribution in [-0.4, -0.2) is 33.1 Å². The molecule has 0 saturated carbocycles. The maximum absolute atomic E-state index is 12.1. The van der Waals surface area contributed by atoms with Gasteiger partial charge in [-0.2, -0.15) is 10.1 Å². The van der Waals surface area contributed by atoms with Crippen molar-refractivity contribution in [1.29, 1.82) is 0 Å². The molecule has 0 atom stereocenters. The molecule has 23 heavy (non-hydrogen) atoms. The Morgan fingerprint density at radius 3 is 2.26 bits per heavy atom. The van der Waals surface area contributed by atoms with Gasteiger partial charge in [-0.3, -0.25) is 19.7 Å². The van der Waals surface area contributed by atoms with E-state index in [4.69, 9.17) is 0 Å². The minimum Gasteiger partial charge on any atom is -0.502 e. The average Bonchev–Trinajstić information content (AvgIpc) is 2.78. The summed E-state index contributed by atoms with van der Waals surface area (Å²) in [6.45, 7) is 0. The van der Waals surface area contributed by atoms with Gasteiger partial charge >= 0.3 is 5.69 Å². The first-order chi connectivity index (χ1) is 11.0. The molecule has 0 aliphatic carbocycles.